The predicted octanol–water partition coefficient (Wildman–Crippen LogP) is 1.04. The van der Waals surface area contributed by atoms with Gasteiger partial charge in [-0.3, -0.25) is 0 Å². The largest absolute Gasteiger partial charge is 0.317 e. The minimum absolute atomic E-state index is 0.507. The van der Waals surface area contributed by atoms with Gasteiger partial charge in [-0.15, -0.1) is 0 Å². The Morgan fingerprint density at radius 1 is 1.11 bits per heavy atom. The van der Waals surface area contributed by atoms with Crippen LogP contribution < -0.4 is 5.32 Å². The molecule has 112 valence electrons. The van der Waals surface area contributed by atoms with E-state index in [1.54, 1.807) is 15.7 Å². The van der Waals surface area contributed by atoms with Gasteiger partial charge in [-0.2, -0.15) is 17.0 Å². The molecule has 2 heterocycles. The smallest absolute Gasteiger partial charge is 0.281 e. The maximum Gasteiger partial charge on any atom is 0.281 e. The van der Waals surface area contributed by atoms with Crippen molar-refractivity contribution in [2.75, 3.05) is 39.8 Å². The van der Waals surface area contributed by atoms with Crippen LogP contribution >= 0.6 is 0 Å². The summed E-state index contributed by atoms with van der Waals surface area (Å²) in [6.45, 7) is 4.09. The molecule has 6 heteroatoms. The molecule has 0 aromatic rings. The Bertz CT molecular complexity index is 358. The molecule has 2 aliphatic rings. The maximum atomic E-state index is 12.5. The van der Waals surface area contributed by atoms with Gasteiger partial charge in [0.25, 0.3) is 10.2 Å². The molecular formula is C13H27N3O2S. The Morgan fingerprint density at radius 2 is 1.68 bits per heavy atom. The second-order valence-corrected chi connectivity index (χ2v) is 7.83. The zero-order valence-corrected chi connectivity index (χ0v) is 12.8. The molecule has 0 spiro atoms. The highest BCUT2D eigenvalue weighted by atomic mass is 32.2. The minimum atomic E-state index is -3.24. The number of nitrogens with zero attached hydrogens (tertiary/aromatic N) is 2. The number of rotatable bonds is 4. The molecule has 2 rings (SSSR count). The lowest BCUT2D eigenvalue weighted by molar-refractivity contribution is 0.292. The molecule has 0 aromatic carbocycles. The van der Waals surface area contributed by atoms with Crippen LogP contribution in [-0.4, -0.2) is 56.8 Å². The fourth-order valence-electron chi connectivity index (χ4n) is 2.99. The van der Waals surface area contributed by atoms with Crippen molar-refractivity contribution in [3.8, 4) is 0 Å². The lowest BCUT2D eigenvalue weighted by Gasteiger charge is -2.30. The molecule has 1 N–H and O–H groups in total. The van der Waals surface area contributed by atoms with Gasteiger partial charge < -0.3 is 5.32 Å². The normalized spacial score (nSPS) is 24.5. The Labute approximate surface area is 117 Å². The average molecular weight is 289 g/mol. The molecule has 0 saturated carbocycles. The van der Waals surface area contributed by atoms with E-state index in [2.05, 4.69) is 5.32 Å². The highest BCUT2D eigenvalue weighted by Crippen LogP contribution is 2.19. The van der Waals surface area contributed by atoms with Crippen molar-refractivity contribution in [2.45, 2.75) is 38.5 Å². The monoisotopic (exact) mass is 289 g/mol. The van der Waals surface area contributed by atoms with E-state index >= 15 is 0 Å². The molecule has 2 fully saturated rings. The Kier molecular flexibility index (Phi) is 5.62. The van der Waals surface area contributed by atoms with Crippen LogP contribution in [0.15, 0.2) is 0 Å². The third kappa shape index (κ3) is 4.15. The molecule has 0 unspecified atom stereocenters. The van der Waals surface area contributed by atoms with Crippen LogP contribution in [0.25, 0.3) is 0 Å². The molecule has 0 bridgehead atoms. The van der Waals surface area contributed by atoms with Crippen LogP contribution in [0.2, 0.25) is 0 Å². The molecule has 19 heavy (non-hydrogen) atoms. The van der Waals surface area contributed by atoms with Crippen molar-refractivity contribution in [2.24, 2.45) is 5.92 Å². The number of hydrogen-bond acceptors (Lipinski definition) is 3. The van der Waals surface area contributed by atoms with Crippen LogP contribution in [0, 0.1) is 5.92 Å². The van der Waals surface area contributed by atoms with Crippen LogP contribution in [0.4, 0.5) is 0 Å². The first kappa shape index (κ1) is 15.2. The van der Waals surface area contributed by atoms with E-state index in [1.165, 1.54) is 0 Å². The van der Waals surface area contributed by atoms with Gasteiger partial charge >= 0.3 is 0 Å². The van der Waals surface area contributed by atoms with E-state index in [9.17, 15) is 8.42 Å². The van der Waals surface area contributed by atoms with Gasteiger partial charge in [0.15, 0.2) is 0 Å². The standard InChI is InChI=1S/C13H27N3O2S/c1-15(12-13-6-8-14-9-7-13)19(17,18)16-10-4-2-3-5-11-16/h13-14H,2-12H2,1H3. The maximum absolute atomic E-state index is 12.5. The highest BCUT2D eigenvalue weighted by Gasteiger charge is 2.29. The molecule has 0 radical (unpaired) electrons. The predicted molar refractivity (Wildman–Crippen MR) is 77.2 cm³/mol. The van der Waals surface area contributed by atoms with Crippen molar-refractivity contribution in [3.63, 3.8) is 0 Å². The van der Waals surface area contributed by atoms with E-state index in [0.717, 1.165) is 51.6 Å². The van der Waals surface area contributed by atoms with Crippen LogP contribution in [0.3, 0.4) is 0 Å². The Balaban J connectivity index is 1.92. The molecule has 0 aromatic heterocycles. The van der Waals surface area contributed by atoms with E-state index in [4.69, 9.17) is 0 Å². The zero-order chi connectivity index (χ0) is 13.7. The lowest BCUT2D eigenvalue weighted by atomic mass is 9.98. The summed E-state index contributed by atoms with van der Waals surface area (Å²) in [5, 5.41) is 3.32. The van der Waals surface area contributed by atoms with Gasteiger partial charge in [0.1, 0.15) is 0 Å². The second-order valence-electron chi connectivity index (χ2n) is 5.79. The summed E-state index contributed by atoms with van der Waals surface area (Å²) < 4.78 is 28.4. The molecule has 2 aliphatic heterocycles. The summed E-state index contributed by atoms with van der Waals surface area (Å²) in [7, 11) is -1.50. The van der Waals surface area contributed by atoms with Gasteiger partial charge in [-0.1, -0.05) is 12.8 Å². The van der Waals surface area contributed by atoms with E-state index in [-0.39, 0.29) is 0 Å². The van der Waals surface area contributed by atoms with Crippen LogP contribution in [-0.2, 0) is 10.2 Å². The lowest BCUT2D eigenvalue weighted by Crippen LogP contribution is -2.45. The zero-order valence-electron chi connectivity index (χ0n) is 12.0. The van der Waals surface area contributed by atoms with Crippen molar-refractivity contribution < 1.29 is 8.42 Å². The Hall–Kier alpha value is -0.170. The SMILES string of the molecule is CN(CC1CCNCC1)S(=O)(=O)N1CCCCCC1. The summed E-state index contributed by atoms with van der Waals surface area (Å²) >= 11 is 0. The first-order chi connectivity index (χ1) is 9.10. The van der Waals surface area contributed by atoms with E-state index in [0.29, 0.717) is 25.6 Å². The second kappa shape index (κ2) is 7.02. The third-order valence-corrected chi connectivity index (χ3v) is 6.21. The molecule has 0 amide bonds. The van der Waals surface area contributed by atoms with E-state index in [1.807, 2.05) is 0 Å². The third-order valence-electron chi connectivity index (χ3n) is 4.26. The van der Waals surface area contributed by atoms with Gasteiger partial charge in [-0.05, 0) is 44.7 Å². The molecule has 5 nitrogen and oxygen atoms in total. The summed E-state index contributed by atoms with van der Waals surface area (Å²) in [5.41, 5.74) is 0. The topological polar surface area (TPSA) is 52.7 Å². The number of piperidine rings is 1. The van der Waals surface area contributed by atoms with Crippen molar-refractivity contribution >= 4 is 10.2 Å². The highest BCUT2D eigenvalue weighted by molar-refractivity contribution is 7.86. The summed E-state index contributed by atoms with van der Waals surface area (Å²) in [6.07, 6.45) is 6.48. The fraction of sp³-hybridized carbons (Fsp3) is 1.00. The van der Waals surface area contributed by atoms with Gasteiger partial charge in [0.05, 0.1) is 0 Å². The van der Waals surface area contributed by atoms with Crippen molar-refractivity contribution in [1.82, 2.24) is 13.9 Å². The number of nitrogens with one attached hydrogen (secondary N) is 1. The molecular weight excluding hydrogens is 262 g/mol. The van der Waals surface area contributed by atoms with Crippen molar-refractivity contribution in [1.29, 1.82) is 0 Å². The average Bonchev–Trinajstić information content (AvgIpc) is 2.69. The van der Waals surface area contributed by atoms with E-state index < -0.39 is 10.2 Å². The molecule has 0 atom stereocenters. The van der Waals surface area contributed by atoms with Crippen molar-refractivity contribution in [3.05, 3.63) is 0 Å². The quantitative estimate of drug-likeness (QED) is 0.841. The summed E-state index contributed by atoms with van der Waals surface area (Å²) in [5.74, 6) is 0.507. The first-order valence-electron chi connectivity index (χ1n) is 7.53. The van der Waals surface area contributed by atoms with Crippen LogP contribution in [0.1, 0.15) is 38.5 Å². The molecule has 2 saturated heterocycles. The van der Waals surface area contributed by atoms with Gasteiger partial charge in [-0.25, -0.2) is 0 Å². The summed E-state index contributed by atoms with van der Waals surface area (Å²) in [6, 6.07) is 0. The molecule has 0 aliphatic carbocycles. The Morgan fingerprint density at radius 3 is 2.26 bits per heavy atom. The minimum Gasteiger partial charge on any atom is -0.317 e. The fourth-order valence-corrected chi connectivity index (χ4v) is 4.50. The summed E-state index contributed by atoms with van der Waals surface area (Å²) in [4.78, 5) is 0. The van der Waals surface area contributed by atoms with Gasteiger partial charge in [0, 0.05) is 26.7 Å². The number of hydrogen-bond donors (Lipinski definition) is 1. The van der Waals surface area contributed by atoms with Crippen LogP contribution in [0.5, 0.6) is 0 Å². The first-order valence-corrected chi connectivity index (χ1v) is 8.92. The van der Waals surface area contributed by atoms with Gasteiger partial charge in [0.2, 0.25) is 0 Å².